The number of benzene rings is 1. The van der Waals surface area contributed by atoms with Crippen molar-refractivity contribution in [3.63, 3.8) is 0 Å². The first kappa shape index (κ1) is 13.9. The lowest BCUT2D eigenvalue weighted by molar-refractivity contribution is 0.718. The molecule has 1 N–H and O–H groups in total. The Kier molecular flexibility index (Phi) is 6.93. The van der Waals surface area contributed by atoms with E-state index in [-0.39, 0.29) is 0 Å². The van der Waals surface area contributed by atoms with Crippen LogP contribution in [0, 0.1) is 0 Å². The summed E-state index contributed by atoms with van der Waals surface area (Å²) in [6, 6.07) is 6.16. The molecular weight excluding hydrogens is 238 g/mol. The monoisotopic (exact) mass is 257 g/mol. The Balaban J connectivity index is 2.69. The lowest BCUT2D eigenvalue weighted by Crippen LogP contribution is -2.12. The molecule has 0 amide bonds. The number of thioether (sulfide) groups is 1. The summed E-state index contributed by atoms with van der Waals surface area (Å²) in [5.41, 5.74) is 1.32. The third kappa shape index (κ3) is 4.36. The first-order valence-electron chi connectivity index (χ1n) is 5.90. The van der Waals surface area contributed by atoms with E-state index in [9.17, 15) is 0 Å². The Hall–Kier alpha value is -0.180. The van der Waals surface area contributed by atoms with E-state index in [1.54, 1.807) is 0 Å². The maximum Gasteiger partial charge on any atom is 0.0545 e. The number of unbranched alkanes of at least 4 members (excludes halogenated alkanes) is 1. The zero-order chi connectivity index (χ0) is 11.8. The molecule has 3 heteroatoms. The normalized spacial score (nSPS) is 10.7. The second-order valence-electron chi connectivity index (χ2n) is 3.71. The molecule has 0 bridgehead atoms. The van der Waals surface area contributed by atoms with Crippen LogP contribution in [0.5, 0.6) is 0 Å². The van der Waals surface area contributed by atoms with Crippen molar-refractivity contribution in [2.75, 3.05) is 12.3 Å². The second-order valence-corrected chi connectivity index (χ2v) is 5.22. The maximum atomic E-state index is 6.24. The molecule has 1 aromatic carbocycles. The van der Waals surface area contributed by atoms with E-state index in [2.05, 4.69) is 25.2 Å². The van der Waals surface area contributed by atoms with E-state index < -0.39 is 0 Å². The summed E-state index contributed by atoms with van der Waals surface area (Å²) in [6.45, 7) is 6.23. The molecule has 0 aliphatic heterocycles. The molecule has 0 aliphatic carbocycles. The molecule has 0 atom stereocenters. The van der Waals surface area contributed by atoms with Crippen LogP contribution in [0.2, 0.25) is 5.02 Å². The summed E-state index contributed by atoms with van der Waals surface area (Å²) in [6.07, 6.45) is 2.48. The summed E-state index contributed by atoms with van der Waals surface area (Å²) < 4.78 is 0. The Morgan fingerprint density at radius 3 is 2.81 bits per heavy atom. The highest BCUT2D eigenvalue weighted by Gasteiger charge is 2.06. The highest BCUT2D eigenvalue weighted by atomic mass is 35.5. The van der Waals surface area contributed by atoms with Crippen LogP contribution in [-0.2, 0) is 6.54 Å². The molecule has 1 rings (SSSR count). The first-order valence-corrected chi connectivity index (χ1v) is 7.26. The van der Waals surface area contributed by atoms with Crippen LogP contribution in [0.3, 0.4) is 0 Å². The number of halogens is 1. The molecule has 0 saturated heterocycles. The molecule has 1 nitrogen and oxygen atoms in total. The molecule has 0 heterocycles. The molecule has 0 fully saturated rings. The Labute approximate surface area is 108 Å². The fourth-order valence-electron chi connectivity index (χ4n) is 1.43. The molecule has 0 spiro atoms. The standard InChI is InChI=1S/C13H20ClNS/c1-3-5-9-16-13-11(10-15-4-2)7-6-8-12(13)14/h6-8,15H,3-5,9-10H2,1-2H3. The lowest BCUT2D eigenvalue weighted by Gasteiger charge is -2.11. The number of hydrogen-bond acceptors (Lipinski definition) is 2. The molecule has 0 aliphatic rings. The SMILES string of the molecule is CCCCSc1c(Cl)cccc1CNCC. The van der Waals surface area contributed by atoms with Crippen molar-refractivity contribution < 1.29 is 0 Å². The summed E-state index contributed by atoms with van der Waals surface area (Å²) in [5.74, 6) is 1.15. The van der Waals surface area contributed by atoms with Gasteiger partial charge in [-0.3, -0.25) is 0 Å². The molecular formula is C13H20ClNS. The smallest absolute Gasteiger partial charge is 0.0545 e. The van der Waals surface area contributed by atoms with Gasteiger partial charge in [-0.1, -0.05) is 44.0 Å². The van der Waals surface area contributed by atoms with Gasteiger partial charge in [0.05, 0.1) is 5.02 Å². The van der Waals surface area contributed by atoms with Gasteiger partial charge in [0.2, 0.25) is 0 Å². The summed E-state index contributed by atoms with van der Waals surface area (Å²) in [4.78, 5) is 1.25. The highest BCUT2D eigenvalue weighted by Crippen LogP contribution is 2.31. The first-order chi connectivity index (χ1) is 7.79. The zero-order valence-corrected chi connectivity index (χ0v) is 11.6. The number of hydrogen-bond donors (Lipinski definition) is 1. The van der Waals surface area contributed by atoms with Crippen molar-refractivity contribution in [2.45, 2.75) is 38.1 Å². The third-order valence-electron chi connectivity index (χ3n) is 2.36. The van der Waals surface area contributed by atoms with E-state index >= 15 is 0 Å². The van der Waals surface area contributed by atoms with Crippen LogP contribution >= 0.6 is 23.4 Å². The van der Waals surface area contributed by atoms with Gasteiger partial charge in [-0.2, -0.15) is 0 Å². The van der Waals surface area contributed by atoms with Gasteiger partial charge in [0.25, 0.3) is 0 Å². The Bertz CT molecular complexity index is 315. The van der Waals surface area contributed by atoms with Gasteiger partial charge in [0, 0.05) is 11.4 Å². The minimum atomic E-state index is 0.886. The average Bonchev–Trinajstić information content (AvgIpc) is 2.29. The molecule has 0 radical (unpaired) electrons. The summed E-state index contributed by atoms with van der Waals surface area (Å²) in [7, 11) is 0. The highest BCUT2D eigenvalue weighted by molar-refractivity contribution is 7.99. The molecule has 0 saturated carbocycles. The van der Waals surface area contributed by atoms with Crippen LogP contribution in [0.1, 0.15) is 32.3 Å². The fraction of sp³-hybridized carbons (Fsp3) is 0.538. The second kappa shape index (κ2) is 7.99. The lowest BCUT2D eigenvalue weighted by atomic mass is 10.2. The van der Waals surface area contributed by atoms with E-state index in [1.807, 2.05) is 23.9 Å². The van der Waals surface area contributed by atoms with Crippen molar-refractivity contribution in [3.05, 3.63) is 28.8 Å². The van der Waals surface area contributed by atoms with Gasteiger partial charge in [-0.25, -0.2) is 0 Å². The molecule has 0 unspecified atom stereocenters. The molecule has 0 aromatic heterocycles. The predicted molar refractivity (Wildman–Crippen MR) is 74.5 cm³/mol. The number of nitrogens with one attached hydrogen (secondary N) is 1. The van der Waals surface area contributed by atoms with Gasteiger partial charge in [0.15, 0.2) is 0 Å². The fourth-order valence-corrected chi connectivity index (χ4v) is 2.96. The topological polar surface area (TPSA) is 12.0 Å². The molecule has 90 valence electrons. The minimum absolute atomic E-state index is 0.886. The van der Waals surface area contributed by atoms with Crippen LogP contribution in [0.4, 0.5) is 0 Å². The van der Waals surface area contributed by atoms with Crippen molar-refractivity contribution in [1.82, 2.24) is 5.32 Å². The van der Waals surface area contributed by atoms with Crippen LogP contribution in [0.25, 0.3) is 0 Å². The molecule has 16 heavy (non-hydrogen) atoms. The van der Waals surface area contributed by atoms with Gasteiger partial charge < -0.3 is 5.32 Å². The van der Waals surface area contributed by atoms with E-state index in [1.165, 1.54) is 23.3 Å². The van der Waals surface area contributed by atoms with Gasteiger partial charge in [0.1, 0.15) is 0 Å². The molecule has 1 aromatic rings. The van der Waals surface area contributed by atoms with E-state index in [0.717, 1.165) is 23.9 Å². The maximum absolute atomic E-state index is 6.24. The van der Waals surface area contributed by atoms with E-state index in [0.29, 0.717) is 0 Å². The van der Waals surface area contributed by atoms with Crippen LogP contribution < -0.4 is 5.32 Å². The van der Waals surface area contributed by atoms with Crippen molar-refractivity contribution in [3.8, 4) is 0 Å². The van der Waals surface area contributed by atoms with Crippen molar-refractivity contribution in [1.29, 1.82) is 0 Å². The van der Waals surface area contributed by atoms with Crippen LogP contribution in [0.15, 0.2) is 23.1 Å². The minimum Gasteiger partial charge on any atom is -0.313 e. The van der Waals surface area contributed by atoms with Gasteiger partial charge >= 0.3 is 0 Å². The van der Waals surface area contributed by atoms with Crippen molar-refractivity contribution in [2.24, 2.45) is 0 Å². The third-order valence-corrected chi connectivity index (χ3v) is 4.05. The van der Waals surface area contributed by atoms with Crippen LogP contribution in [-0.4, -0.2) is 12.3 Å². The largest absolute Gasteiger partial charge is 0.313 e. The Morgan fingerprint density at radius 2 is 2.12 bits per heavy atom. The van der Waals surface area contributed by atoms with Gasteiger partial charge in [-0.15, -0.1) is 11.8 Å². The zero-order valence-electron chi connectivity index (χ0n) is 10.1. The average molecular weight is 258 g/mol. The van der Waals surface area contributed by atoms with Crippen molar-refractivity contribution >= 4 is 23.4 Å². The quantitative estimate of drug-likeness (QED) is 0.576. The predicted octanol–water partition coefficient (Wildman–Crippen LogP) is 4.34. The van der Waals surface area contributed by atoms with E-state index in [4.69, 9.17) is 11.6 Å². The number of rotatable bonds is 7. The Morgan fingerprint density at radius 1 is 1.31 bits per heavy atom. The summed E-state index contributed by atoms with van der Waals surface area (Å²) in [5, 5.41) is 4.24. The van der Waals surface area contributed by atoms with Gasteiger partial charge in [-0.05, 0) is 30.3 Å². The summed E-state index contributed by atoms with van der Waals surface area (Å²) >= 11 is 8.12.